The Bertz CT molecular complexity index is 443. The lowest BCUT2D eigenvalue weighted by atomic mass is 10.1. The van der Waals surface area contributed by atoms with Gasteiger partial charge in [-0.3, -0.25) is 9.69 Å². The van der Waals surface area contributed by atoms with E-state index in [2.05, 4.69) is 15.2 Å². The predicted molar refractivity (Wildman–Crippen MR) is 78.8 cm³/mol. The van der Waals surface area contributed by atoms with Crippen molar-refractivity contribution < 1.29 is 9.53 Å². The van der Waals surface area contributed by atoms with E-state index < -0.39 is 0 Å². The molecule has 6 nitrogen and oxygen atoms in total. The van der Waals surface area contributed by atoms with Crippen molar-refractivity contribution in [1.29, 1.82) is 0 Å². The highest BCUT2D eigenvalue weighted by Gasteiger charge is 2.34. The topological polar surface area (TPSA) is 59.4 Å². The molecular weight excluding hydrogens is 268 g/mol. The summed E-state index contributed by atoms with van der Waals surface area (Å²) in [4.78, 5) is 18.5. The van der Waals surface area contributed by atoms with Crippen molar-refractivity contribution in [3.8, 4) is 0 Å². The van der Waals surface area contributed by atoms with Crippen molar-refractivity contribution >= 4 is 5.91 Å². The molecular formula is C15H24N4O2. The maximum absolute atomic E-state index is 12.1. The molecule has 2 aliphatic rings. The third-order valence-corrected chi connectivity index (χ3v) is 4.39. The summed E-state index contributed by atoms with van der Waals surface area (Å²) >= 11 is 0. The van der Waals surface area contributed by atoms with Crippen LogP contribution in [0, 0.1) is 0 Å². The molecule has 2 atom stereocenters. The quantitative estimate of drug-likeness (QED) is 0.836. The van der Waals surface area contributed by atoms with Gasteiger partial charge < -0.3 is 14.6 Å². The van der Waals surface area contributed by atoms with Crippen LogP contribution in [-0.2, 0) is 16.1 Å². The second-order valence-corrected chi connectivity index (χ2v) is 5.93. The first-order valence-corrected chi connectivity index (χ1v) is 7.90. The van der Waals surface area contributed by atoms with Crippen LogP contribution in [-0.4, -0.2) is 58.7 Å². The number of ether oxygens (including phenoxy) is 1. The molecule has 1 amide bonds. The van der Waals surface area contributed by atoms with Gasteiger partial charge in [-0.15, -0.1) is 0 Å². The van der Waals surface area contributed by atoms with Crippen molar-refractivity contribution in [3.05, 3.63) is 18.7 Å². The van der Waals surface area contributed by atoms with E-state index in [0.717, 1.165) is 32.7 Å². The summed E-state index contributed by atoms with van der Waals surface area (Å²) in [5.74, 6) is 0.134. The number of carbonyl (C=O) groups is 1. The number of carbonyl (C=O) groups excluding carboxylic acids is 1. The van der Waals surface area contributed by atoms with Gasteiger partial charge >= 0.3 is 0 Å². The van der Waals surface area contributed by atoms with Gasteiger partial charge in [-0.05, 0) is 32.4 Å². The summed E-state index contributed by atoms with van der Waals surface area (Å²) in [6.45, 7) is 4.51. The number of aromatic nitrogens is 2. The molecule has 3 heterocycles. The number of imidazole rings is 1. The number of rotatable bonds is 6. The third-order valence-electron chi connectivity index (χ3n) is 4.39. The Morgan fingerprint density at radius 1 is 1.33 bits per heavy atom. The number of hydrogen-bond donors (Lipinski definition) is 1. The van der Waals surface area contributed by atoms with Gasteiger partial charge in [0.25, 0.3) is 0 Å². The van der Waals surface area contributed by atoms with E-state index in [0.29, 0.717) is 19.1 Å². The maximum atomic E-state index is 12.1. The minimum absolute atomic E-state index is 0.134. The first kappa shape index (κ1) is 14.5. The lowest BCUT2D eigenvalue weighted by molar-refractivity contribution is -0.122. The predicted octanol–water partition coefficient (Wildman–Crippen LogP) is 0.643. The van der Waals surface area contributed by atoms with Gasteiger partial charge in [-0.2, -0.15) is 0 Å². The molecule has 1 N–H and O–H groups in total. The van der Waals surface area contributed by atoms with Crippen LogP contribution in [0.15, 0.2) is 18.7 Å². The molecule has 0 unspecified atom stereocenters. The summed E-state index contributed by atoms with van der Waals surface area (Å²) in [7, 11) is 0. The summed E-state index contributed by atoms with van der Waals surface area (Å²) in [6.07, 6.45) is 9.39. The standard InChI is InChI=1S/C15H24N4O2/c20-15(4-3-6-18-9-5-16-12-18)17-13-10-21-11-14(13)19-7-1-2-8-19/h5,9,12-14H,1-4,6-8,10-11H2,(H,17,20)/t13-,14-/m0/s1. The van der Waals surface area contributed by atoms with Gasteiger partial charge in [0.2, 0.25) is 5.91 Å². The van der Waals surface area contributed by atoms with Crippen LogP contribution in [0.4, 0.5) is 0 Å². The van der Waals surface area contributed by atoms with Crippen LogP contribution >= 0.6 is 0 Å². The lowest BCUT2D eigenvalue weighted by Gasteiger charge is -2.27. The zero-order chi connectivity index (χ0) is 14.5. The van der Waals surface area contributed by atoms with E-state index in [1.807, 2.05) is 10.8 Å². The van der Waals surface area contributed by atoms with Gasteiger partial charge in [-0.25, -0.2) is 4.98 Å². The van der Waals surface area contributed by atoms with Crippen LogP contribution in [0.2, 0.25) is 0 Å². The Labute approximate surface area is 125 Å². The van der Waals surface area contributed by atoms with Crippen molar-refractivity contribution in [3.63, 3.8) is 0 Å². The Hall–Kier alpha value is -1.40. The molecule has 1 aromatic heterocycles. The molecule has 2 aliphatic heterocycles. The normalized spacial score (nSPS) is 26.3. The highest BCUT2D eigenvalue weighted by molar-refractivity contribution is 5.76. The Balaban J connectivity index is 1.41. The van der Waals surface area contributed by atoms with Crippen LogP contribution in [0.25, 0.3) is 0 Å². The molecule has 0 radical (unpaired) electrons. The summed E-state index contributed by atoms with van der Waals surface area (Å²) in [5.41, 5.74) is 0. The van der Waals surface area contributed by atoms with Crippen molar-refractivity contribution in [1.82, 2.24) is 19.8 Å². The first-order valence-electron chi connectivity index (χ1n) is 7.90. The van der Waals surface area contributed by atoms with Crippen molar-refractivity contribution in [2.24, 2.45) is 0 Å². The molecule has 0 saturated carbocycles. The molecule has 0 aromatic carbocycles. The second kappa shape index (κ2) is 7.04. The number of hydrogen-bond acceptors (Lipinski definition) is 4. The Morgan fingerprint density at radius 2 is 2.19 bits per heavy atom. The van der Waals surface area contributed by atoms with E-state index in [1.54, 1.807) is 12.5 Å². The molecule has 3 rings (SSSR count). The lowest BCUT2D eigenvalue weighted by Crippen LogP contribution is -2.50. The Morgan fingerprint density at radius 3 is 2.95 bits per heavy atom. The second-order valence-electron chi connectivity index (χ2n) is 5.93. The van der Waals surface area contributed by atoms with E-state index >= 15 is 0 Å². The van der Waals surface area contributed by atoms with Crippen molar-refractivity contribution in [2.45, 2.75) is 44.3 Å². The average Bonchev–Trinajstić information content (AvgIpc) is 3.20. The van der Waals surface area contributed by atoms with Gasteiger partial charge in [0.1, 0.15) is 0 Å². The zero-order valence-electron chi connectivity index (χ0n) is 12.4. The number of amides is 1. The maximum Gasteiger partial charge on any atom is 0.220 e. The molecule has 2 fully saturated rings. The fourth-order valence-corrected chi connectivity index (χ4v) is 3.23. The van der Waals surface area contributed by atoms with Gasteiger partial charge in [0.15, 0.2) is 0 Å². The van der Waals surface area contributed by atoms with E-state index in [4.69, 9.17) is 4.74 Å². The third kappa shape index (κ3) is 3.83. The fourth-order valence-electron chi connectivity index (χ4n) is 3.23. The molecule has 0 aliphatic carbocycles. The molecule has 1 aromatic rings. The summed E-state index contributed by atoms with van der Waals surface area (Å²) in [5, 5.41) is 3.16. The zero-order valence-corrected chi connectivity index (χ0v) is 12.4. The fraction of sp³-hybridized carbons (Fsp3) is 0.733. The monoisotopic (exact) mass is 292 g/mol. The summed E-state index contributed by atoms with van der Waals surface area (Å²) < 4.78 is 7.58. The Kier molecular flexibility index (Phi) is 4.87. The number of nitrogens with one attached hydrogen (secondary N) is 1. The van der Waals surface area contributed by atoms with E-state index in [-0.39, 0.29) is 11.9 Å². The van der Waals surface area contributed by atoms with Crippen LogP contribution in [0.1, 0.15) is 25.7 Å². The average molecular weight is 292 g/mol. The van der Waals surface area contributed by atoms with Gasteiger partial charge in [0.05, 0.1) is 31.6 Å². The number of aryl methyl sites for hydroxylation is 1. The molecule has 6 heteroatoms. The van der Waals surface area contributed by atoms with Crippen LogP contribution < -0.4 is 5.32 Å². The minimum atomic E-state index is 0.134. The van der Waals surface area contributed by atoms with E-state index in [9.17, 15) is 4.79 Å². The largest absolute Gasteiger partial charge is 0.378 e. The molecule has 116 valence electrons. The highest BCUT2D eigenvalue weighted by Crippen LogP contribution is 2.19. The summed E-state index contributed by atoms with van der Waals surface area (Å²) in [6, 6.07) is 0.522. The highest BCUT2D eigenvalue weighted by atomic mass is 16.5. The van der Waals surface area contributed by atoms with Crippen molar-refractivity contribution in [2.75, 3.05) is 26.3 Å². The number of nitrogens with zero attached hydrogens (tertiary/aromatic N) is 3. The van der Waals surface area contributed by atoms with E-state index in [1.165, 1.54) is 12.8 Å². The first-order chi connectivity index (χ1) is 10.3. The molecule has 0 bridgehead atoms. The van der Waals surface area contributed by atoms with Crippen LogP contribution in [0.3, 0.4) is 0 Å². The molecule has 2 saturated heterocycles. The van der Waals surface area contributed by atoms with Gasteiger partial charge in [0, 0.05) is 25.4 Å². The van der Waals surface area contributed by atoms with Gasteiger partial charge in [-0.1, -0.05) is 0 Å². The molecule has 21 heavy (non-hydrogen) atoms. The minimum Gasteiger partial charge on any atom is -0.378 e. The SMILES string of the molecule is O=C(CCCn1ccnc1)N[C@H]1COC[C@@H]1N1CCCC1. The molecule has 0 spiro atoms. The smallest absolute Gasteiger partial charge is 0.220 e. The number of likely N-dealkylation sites (tertiary alicyclic amines) is 1. The van der Waals surface area contributed by atoms with Crippen LogP contribution in [0.5, 0.6) is 0 Å².